The van der Waals surface area contributed by atoms with E-state index >= 15 is 0 Å². The first-order valence-corrected chi connectivity index (χ1v) is 5.79. The van der Waals surface area contributed by atoms with Gasteiger partial charge in [-0.1, -0.05) is 19.1 Å². The van der Waals surface area contributed by atoms with Crippen molar-refractivity contribution < 1.29 is 9.90 Å². The van der Waals surface area contributed by atoms with Gasteiger partial charge in [0.15, 0.2) is 0 Å². The molecule has 0 saturated heterocycles. The molecule has 2 unspecified atom stereocenters. The lowest BCUT2D eigenvalue weighted by molar-refractivity contribution is 0.0916. The second-order valence-corrected chi connectivity index (χ2v) is 4.32. The van der Waals surface area contributed by atoms with E-state index in [-0.39, 0.29) is 24.5 Å². The third-order valence-corrected chi connectivity index (χ3v) is 2.95. The Bertz CT molecular complexity index is 362. The van der Waals surface area contributed by atoms with Gasteiger partial charge in [0.2, 0.25) is 0 Å². The highest BCUT2D eigenvalue weighted by atomic mass is 16.3. The minimum atomic E-state index is -0.124. The average Bonchev–Trinajstić information content (AvgIpc) is 2.37. The molecular weight excluding hydrogens is 216 g/mol. The molecule has 0 aliphatic rings. The lowest BCUT2D eigenvalue weighted by atomic mass is 10.0. The Morgan fingerprint density at radius 1 is 1.35 bits per heavy atom. The molecule has 4 nitrogen and oxygen atoms in total. The van der Waals surface area contributed by atoms with E-state index in [2.05, 4.69) is 5.32 Å². The summed E-state index contributed by atoms with van der Waals surface area (Å²) in [5.74, 6) is -0.0800. The zero-order valence-electron chi connectivity index (χ0n) is 10.3. The van der Waals surface area contributed by atoms with Crippen molar-refractivity contribution in [2.24, 2.45) is 11.7 Å². The van der Waals surface area contributed by atoms with Gasteiger partial charge in [0, 0.05) is 24.8 Å². The first-order chi connectivity index (χ1) is 8.08. The van der Waals surface area contributed by atoms with Crippen molar-refractivity contribution in [1.82, 2.24) is 5.32 Å². The lowest BCUT2D eigenvalue weighted by Gasteiger charge is -2.19. The van der Waals surface area contributed by atoms with E-state index in [1.807, 2.05) is 26.0 Å². The molecule has 0 aliphatic heterocycles. The number of carbonyl (C=O) groups is 1. The van der Waals surface area contributed by atoms with Gasteiger partial charge in [0.25, 0.3) is 5.91 Å². The second-order valence-electron chi connectivity index (χ2n) is 4.32. The Morgan fingerprint density at radius 2 is 1.94 bits per heavy atom. The molecule has 4 heteroatoms. The Hall–Kier alpha value is -1.39. The van der Waals surface area contributed by atoms with Crippen molar-refractivity contribution in [3.8, 4) is 0 Å². The molecule has 0 aliphatic carbocycles. The number of amides is 1. The van der Waals surface area contributed by atoms with Crippen LogP contribution in [0.1, 0.15) is 29.8 Å². The smallest absolute Gasteiger partial charge is 0.251 e. The number of nitrogens with one attached hydrogen (secondary N) is 1. The number of carbonyl (C=O) groups excluding carboxylic acids is 1. The van der Waals surface area contributed by atoms with Crippen LogP contribution in [0.5, 0.6) is 0 Å². The minimum Gasteiger partial charge on any atom is -0.396 e. The molecule has 2 atom stereocenters. The number of hydrogen-bond donors (Lipinski definition) is 3. The second kappa shape index (κ2) is 6.37. The van der Waals surface area contributed by atoms with Gasteiger partial charge in [0.05, 0.1) is 0 Å². The predicted octanol–water partition coefficient (Wildman–Crippen LogP) is 0.892. The molecule has 1 rings (SSSR count). The van der Waals surface area contributed by atoms with Crippen LogP contribution in [-0.2, 0) is 6.54 Å². The van der Waals surface area contributed by atoms with Gasteiger partial charge in [-0.15, -0.1) is 0 Å². The summed E-state index contributed by atoms with van der Waals surface area (Å²) in [7, 11) is 0. The Balaban J connectivity index is 2.63. The van der Waals surface area contributed by atoms with E-state index in [1.165, 1.54) is 0 Å². The standard InChI is InChI=1S/C13H20N2O2/c1-9(8-16)10(2)15-13(17)12-5-3-11(7-14)4-6-12/h3-6,9-10,16H,7-8,14H2,1-2H3,(H,15,17). The van der Waals surface area contributed by atoms with Crippen LogP contribution in [0.3, 0.4) is 0 Å². The van der Waals surface area contributed by atoms with Gasteiger partial charge in [-0.25, -0.2) is 0 Å². The number of hydrogen-bond acceptors (Lipinski definition) is 3. The maximum atomic E-state index is 11.9. The number of benzene rings is 1. The third-order valence-electron chi connectivity index (χ3n) is 2.95. The zero-order valence-corrected chi connectivity index (χ0v) is 10.3. The first kappa shape index (κ1) is 13.7. The van der Waals surface area contributed by atoms with Crippen molar-refractivity contribution in [1.29, 1.82) is 0 Å². The van der Waals surface area contributed by atoms with E-state index < -0.39 is 0 Å². The molecule has 0 bridgehead atoms. The van der Waals surface area contributed by atoms with Crippen LogP contribution in [0.25, 0.3) is 0 Å². The van der Waals surface area contributed by atoms with E-state index in [0.717, 1.165) is 5.56 Å². The molecule has 4 N–H and O–H groups in total. The van der Waals surface area contributed by atoms with Crippen LogP contribution in [-0.4, -0.2) is 23.7 Å². The van der Waals surface area contributed by atoms with Crippen LogP contribution >= 0.6 is 0 Å². The van der Waals surface area contributed by atoms with Crippen molar-refractivity contribution in [2.75, 3.05) is 6.61 Å². The summed E-state index contributed by atoms with van der Waals surface area (Å²) in [6.45, 7) is 4.31. The van der Waals surface area contributed by atoms with Gasteiger partial charge in [-0.3, -0.25) is 4.79 Å². The van der Waals surface area contributed by atoms with Gasteiger partial charge in [-0.2, -0.15) is 0 Å². The van der Waals surface area contributed by atoms with E-state index in [0.29, 0.717) is 12.1 Å². The van der Waals surface area contributed by atoms with Crippen LogP contribution in [0.2, 0.25) is 0 Å². The third kappa shape index (κ3) is 3.84. The molecule has 1 aromatic rings. The molecule has 0 spiro atoms. The monoisotopic (exact) mass is 236 g/mol. The summed E-state index contributed by atoms with van der Waals surface area (Å²) < 4.78 is 0. The fraction of sp³-hybridized carbons (Fsp3) is 0.462. The summed E-state index contributed by atoms with van der Waals surface area (Å²) in [4.78, 5) is 11.9. The molecule has 0 aromatic heterocycles. The Kier molecular flexibility index (Phi) is 5.12. The van der Waals surface area contributed by atoms with Crippen molar-refractivity contribution in [2.45, 2.75) is 26.4 Å². The van der Waals surface area contributed by atoms with E-state index in [4.69, 9.17) is 10.8 Å². The summed E-state index contributed by atoms with van der Waals surface area (Å²) >= 11 is 0. The van der Waals surface area contributed by atoms with Gasteiger partial charge in [0.1, 0.15) is 0 Å². The topological polar surface area (TPSA) is 75.3 Å². The fourth-order valence-corrected chi connectivity index (χ4v) is 1.38. The molecule has 0 heterocycles. The van der Waals surface area contributed by atoms with Crippen molar-refractivity contribution in [3.05, 3.63) is 35.4 Å². The largest absolute Gasteiger partial charge is 0.396 e. The average molecular weight is 236 g/mol. The fourth-order valence-electron chi connectivity index (χ4n) is 1.38. The molecular formula is C13H20N2O2. The van der Waals surface area contributed by atoms with E-state index in [9.17, 15) is 4.79 Å². The van der Waals surface area contributed by atoms with Gasteiger partial charge in [-0.05, 0) is 30.5 Å². The van der Waals surface area contributed by atoms with Crippen LogP contribution < -0.4 is 11.1 Å². The number of rotatable bonds is 5. The maximum absolute atomic E-state index is 11.9. The van der Waals surface area contributed by atoms with E-state index in [1.54, 1.807) is 12.1 Å². The molecule has 0 fully saturated rings. The molecule has 1 amide bonds. The summed E-state index contributed by atoms with van der Waals surface area (Å²) in [6, 6.07) is 7.15. The Morgan fingerprint density at radius 3 is 2.41 bits per heavy atom. The first-order valence-electron chi connectivity index (χ1n) is 5.79. The Labute approximate surface area is 102 Å². The molecule has 0 radical (unpaired) electrons. The maximum Gasteiger partial charge on any atom is 0.251 e. The normalized spacial score (nSPS) is 14.1. The highest BCUT2D eigenvalue weighted by Gasteiger charge is 2.14. The quantitative estimate of drug-likeness (QED) is 0.710. The van der Waals surface area contributed by atoms with Crippen molar-refractivity contribution >= 4 is 5.91 Å². The highest BCUT2D eigenvalue weighted by Crippen LogP contribution is 2.06. The number of aliphatic hydroxyl groups is 1. The van der Waals surface area contributed by atoms with Gasteiger partial charge < -0.3 is 16.2 Å². The summed E-state index contributed by atoms with van der Waals surface area (Å²) in [5, 5.41) is 11.8. The molecule has 1 aromatic carbocycles. The van der Waals surface area contributed by atoms with Crippen LogP contribution in [0.15, 0.2) is 24.3 Å². The zero-order chi connectivity index (χ0) is 12.8. The van der Waals surface area contributed by atoms with Crippen molar-refractivity contribution in [3.63, 3.8) is 0 Å². The predicted molar refractivity (Wildman–Crippen MR) is 67.5 cm³/mol. The minimum absolute atomic E-state index is 0.0438. The SMILES string of the molecule is CC(CO)C(C)NC(=O)c1ccc(CN)cc1. The summed E-state index contributed by atoms with van der Waals surface area (Å²) in [5.41, 5.74) is 7.09. The van der Waals surface area contributed by atoms with Crippen LogP contribution in [0, 0.1) is 5.92 Å². The lowest BCUT2D eigenvalue weighted by Crippen LogP contribution is -2.38. The summed E-state index contributed by atoms with van der Waals surface area (Å²) in [6.07, 6.45) is 0. The number of nitrogens with two attached hydrogens (primary N) is 1. The van der Waals surface area contributed by atoms with Gasteiger partial charge >= 0.3 is 0 Å². The highest BCUT2D eigenvalue weighted by molar-refractivity contribution is 5.94. The van der Waals surface area contributed by atoms with Crippen LogP contribution in [0.4, 0.5) is 0 Å². The molecule has 0 saturated carbocycles. The molecule has 94 valence electrons. The molecule has 17 heavy (non-hydrogen) atoms. The number of aliphatic hydroxyl groups excluding tert-OH is 1.